The molecule has 2 amide bonds. The number of carbonyl (C=O) groups is 2. The molecule has 0 saturated carbocycles. The van der Waals surface area contributed by atoms with Crippen molar-refractivity contribution in [3.8, 4) is 0 Å². The lowest BCUT2D eigenvalue weighted by Gasteiger charge is -2.24. The molecule has 0 radical (unpaired) electrons. The van der Waals surface area contributed by atoms with Crippen molar-refractivity contribution in [3.63, 3.8) is 0 Å². The number of rotatable bonds is 2. The Hall–Kier alpha value is -1.56. The van der Waals surface area contributed by atoms with Gasteiger partial charge in [0.05, 0.1) is 0 Å². The van der Waals surface area contributed by atoms with E-state index in [4.69, 9.17) is 10.6 Å². The van der Waals surface area contributed by atoms with Crippen molar-refractivity contribution in [2.45, 2.75) is 26.4 Å². The Bertz CT molecular complexity index is 281. The molecule has 0 aromatic rings. The van der Waals surface area contributed by atoms with Gasteiger partial charge in [-0.05, 0) is 20.8 Å². The molecular weight excluding hydrogens is 198 g/mol. The highest BCUT2D eigenvalue weighted by molar-refractivity contribution is 5.95. The molecule has 0 unspecified atom stereocenters. The highest BCUT2D eigenvalue weighted by Gasteiger charge is 2.23. The predicted molar refractivity (Wildman–Crippen MR) is 55.5 cm³/mol. The van der Waals surface area contributed by atoms with Gasteiger partial charge >= 0.3 is 6.09 Å². The van der Waals surface area contributed by atoms with Crippen LogP contribution in [-0.2, 0) is 9.53 Å². The van der Waals surface area contributed by atoms with Gasteiger partial charge in [-0.15, -0.1) is 0 Å². The molecule has 0 aromatic carbocycles. The van der Waals surface area contributed by atoms with Crippen LogP contribution in [0.3, 0.4) is 0 Å². The van der Waals surface area contributed by atoms with Gasteiger partial charge in [0.1, 0.15) is 11.3 Å². The first-order valence-corrected chi connectivity index (χ1v) is 4.35. The van der Waals surface area contributed by atoms with E-state index in [1.807, 2.05) is 5.43 Å². The van der Waals surface area contributed by atoms with Crippen molar-refractivity contribution in [2.75, 3.05) is 7.05 Å². The second kappa shape index (κ2) is 4.79. The molecule has 0 aliphatic rings. The third kappa shape index (κ3) is 4.46. The van der Waals surface area contributed by atoms with E-state index in [0.29, 0.717) is 0 Å². The molecule has 0 aliphatic carbocycles. The van der Waals surface area contributed by atoms with Gasteiger partial charge in [-0.3, -0.25) is 15.1 Å². The number of nitrogens with zero attached hydrogens (tertiary/aromatic N) is 1. The molecule has 3 N–H and O–H groups in total. The maximum absolute atomic E-state index is 11.4. The SMILES string of the molecule is C=C(C(=O)NN)N(C)C(=O)OC(C)(C)C. The molecule has 0 aliphatic heterocycles. The highest BCUT2D eigenvalue weighted by Crippen LogP contribution is 2.11. The van der Waals surface area contributed by atoms with E-state index in [1.165, 1.54) is 7.05 Å². The third-order valence-electron chi connectivity index (χ3n) is 1.47. The summed E-state index contributed by atoms with van der Waals surface area (Å²) in [5.41, 5.74) is 1.18. The van der Waals surface area contributed by atoms with E-state index >= 15 is 0 Å². The second-order valence-corrected chi connectivity index (χ2v) is 3.96. The lowest BCUT2D eigenvalue weighted by atomic mass is 10.2. The minimum absolute atomic E-state index is 0.0771. The van der Waals surface area contributed by atoms with Gasteiger partial charge in [-0.2, -0.15) is 0 Å². The summed E-state index contributed by atoms with van der Waals surface area (Å²) in [4.78, 5) is 23.5. The summed E-state index contributed by atoms with van der Waals surface area (Å²) in [5, 5.41) is 0. The van der Waals surface area contributed by atoms with E-state index in [9.17, 15) is 9.59 Å². The van der Waals surface area contributed by atoms with Gasteiger partial charge in [-0.1, -0.05) is 6.58 Å². The normalized spacial score (nSPS) is 10.5. The van der Waals surface area contributed by atoms with Gasteiger partial charge in [0.2, 0.25) is 0 Å². The van der Waals surface area contributed by atoms with Gasteiger partial charge < -0.3 is 4.74 Å². The van der Waals surface area contributed by atoms with Gasteiger partial charge in [0.15, 0.2) is 0 Å². The number of hydrazine groups is 1. The van der Waals surface area contributed by atoms with Crippen LogP contribution in [0.15, 0.2) is 12.3 Å². The van der Waals surface area contributed by atoms with E-state index < -0.39 is 17.6 Å². The van der Waals surface area contributed by atoms with Crippen molar-refractivity contribution < 1.29 is 14.3 Å². The first-order valence-electron chi connectivity index (χ1n) is 4.35. The molecule has 0 heterocycles. The molecule has 0 fully saturated rings. The fraction of sp³-hybridized carbons (Fsp3) is 0.556. The van der Waals surface area contributed by atoms with Gasteiger partial charge in [0, 0.05) is 7.05 Å². The number of carbonyl (C=O) groups excluding carboxylic acids is 2. The highest BCUT2D eigenvalue weighted by atomic mass is 16.6. The van der Waals surface area contributed by atoms with Crippen molar-refractivity contribution in [2.24, 2.45) is 5.84 Å². The summed E-state index contributed by atoms with van der Waals surface area (Å²) in [5.74, 6) is 4.26. The topological polar surface area (TPSA) is 84.7 Å². The average Bonchev–Trinajstić information content (AvgIpc) is 2.11. The first kappa shape index (κ1) is 13.4. The number of nitrogens with two attached hydrogens (primary N) is 1. The summed E-state index contributed by atoms with van der Waals surface area (Å²) in [6.07, 6.45) is -0.656. The van der Waals surface area contributed by atoms with E-state index in [0.717, 1.165) is 4.90 Å². The van der Waals surface area contributed by atoms with Crippen LogP contribution in [0.4, 0.5) is 4.79 Å². The second-order valence-electron chi connectivity index (χ2n) is 3.96. The largest absolute Gasteiger partial charge is 0.443 e. The summed E-state index contributed by atoms with van der Waals surface area (Å²) in [6, 6.07) is 0. The van der Waals surface area contributed by atoms with Crippen LogP contribution >= 0.6 is 0 Å². The smallest absolute Gasteiger partial charge is 0.414 e. The number of hydrogen-bond donors (Lipinski definition) is 2. The van der Waals surface area contributed by atoms with Gasteiger partial charge in [0.25, 0.3) is 5.91 Å². The van der Waals surface area contributed by atoms with Crippen molar-refractivity contribution in [1.29, 1.82) is 0 Å². The third-order valence-corrected chi connectivity index (χ3v) is 1.47. The quantitative estimate of drug-likeness (QED) is 0.301. The Morgan fingerprint density at radius 3 is 2.20 bits per heavy atom. The van der Waals surface area contributed by atoms with E-state index in [2.05, 4.69) is 6.58 Å². The van der Waals surface area contributed by atoms with Crippen LogP contribution in [-0.4, -0.2) is 29.5 Å². The van der Waals surface area contributed by atoms with Crippen LogP contribution in [0.5, 0.6) is 0 Å². The molecule has 6 nitrogen and oxygen atoms in total. The lowest BCUT2D eigenvalue weighted by Crippen LogP contribution is -2.40. The zero-order valence-electron chi connectivity index (χ0n) is 9.46. The molecule has 0 aromatic heterocycles. The van der Waals surface area contributed by atoms with Crippen molar-refractivity contribution >= 4 is 12.0 Å². The molecule has 0 rings (SSSR count). The Morgan fingerprint density at radius 2 is 1.87 bits per heavy atom. The zero-order chi connectivity index (χ0) is 12.2. The number of likely N-dealkylation sites (N-methyl/N-ethyl adjacent to an activating group) is 1. The van der Waals surface area contributed by atoms with Crippen LogP contribution in [0, 0.1) is 0 Å². The maximum Gasteiger partial charge on any atom is 0.414 e. The number of hydrogen-bond acceptors (Lipinski definition) is 4. The summed E-state index contributed by atoms with van der Waals surface area (Å²) in [7, 11) is 1.38. The Kier molecular flexibility index (Phi) is 4.29. The number of ether oxygens (including phenoxy) is 1. The molecule has 6 heteroatoms. The number of nitrogens with one attached hydrogen (secondary N) is 1. The van der Waals surface area contributed by atoms with E-state index in [-0.39, 0.29) is 5.70 Å². The molecule has 15 heavy (non-hydrogen) atoms. The molecule has 0 spiro atoms. The maximum atomic E-state index is 11.4. The fourth-order valence-electron chi connectivity index (χ4n) is 0.676. The Morgan fingerprint density at radius 1 is 1.40 bits per heavy atom. The van der Waals surface area contributed by atoms with Crippen LogP contribution in [0.25, 0.3) is 0 Å². The summed E-state index contributed by atoms with van der Waals surface area (Å²) in [6.45, 7) is 8.59. The minimum Gasteiger partial charge on any atom is -0.443 e. The first-order chi connectivity index (χ1) is 6.69. The Balaban J connectivity index is 4.46. The predicted octanol–water partition coefficient (Wildman–Crippen LogP) is 0.357. The minimum atomic E-state index is -0.656. The molecule has 0 saturated heterocycles. The standard InChI is InChI=1S/C9H17N3O3/c1-6(7(13)11-10)12(5)8(14)15-9(2,3)4/h1,10H2,2-5H3,(H,11,13). The van der Waals surface area contributed by atoms with Crippen LogP contribution in [0.1, 0.15) is 20.8 Å². The van der Waals surface area contributed by atoms with Gasteiger partial charge in [-0.25, -0.2) is 10.6 Å². The van der Waals surface area contributed by atoms with Crippen molar-refractivity contribution in [3.05, 3.63) is 12.3 Å². The van der Waals surface area contributed by atoms with Crippen LogP contribution in [0.2, 0.25) is 0 Å². The lowest BCUT2D eigenvalue weighted by molar-refractivity contribution is -0.118. The fourth-order valence-corrected chi connectivity index (χ4v) is 0.676. The Labute approximate surface area is 89.0 Å². The molecule has 0 atom stereocenters. The molecular formula is C9H17N3O3. The monoisotopic (exact) mass is 215 g/mol. The summed E-state index contributed by atoms with van der Waals surface area (Å²) >= 11 is 0. The van der Waals surface area contributed by atoms with Crippen molar-refractivity contribution in [1.82, 2.24) is 10.3 Å². The van der Waals surface area contributed by atoms with Crippen LogP contribution < -0.4 is 11.3 Å². The zero-order valence-corrected chi connectivity index (χ0v) is 9.46. The van der Waals surface area contributed by atoms with E-state index in [1.54, 1.807) is 20.8 Å². The molecule has 86 valence electrons. The average molecular weight is 215 g/mol. The summed E-state index contributed by atoms with van der Waals surface area (Å²) < 4.78 is 5.02. The number of amides is 2. The molecule has 0 bridgehead atoms.